The summed E-state index contributed by atoms with van der Waals surface area (Å²) in [5.41, 5.74) is 8.16. The highest BCUT2D eigenvalue weighted by Gasteiger charge is 2.37. The van der Waals surface area contributed by atoms with Gasteiger partial charge in [-0.25, -0.2) is 0 Å². The number of ether oxygens (including phenoxy) is 1. The molecule has 1 aromatic heterocycles. The van der Waals surface area contributed by atoms with E-state index in [4.69, 9.17) is 4.74 Å². The van der Waals surface area contributed by atoms with Crippen LogP contribution in [0.3, 0.4) is 0 Å². The minimum absolute atomic E-state index is 0.178. The van der Waals surface area contributed by atoms with Gasteiger partial charge in [0.1, 0.15) is 11.5 Å². The molecule has 1 aliphatic heterocycles. The SMILES string of the molecule is CC1(C)c2ccccc2N(c2ccccc2)c2cc(Oc3c4ccccc4c(-c4ccc5ccccc5c4)c4cnccc34)ccc21. The smallest absolute Gasteiger partial charge is 0.143 e. The zero-order chi connectivity index (χ0) is 31.5. The Balaban J connectivity index is 1.24. The minimum atomic E-state index is -0.178. The van der Waals surface area contributed by atoms with Crippen LogP contribution in [-0.2, 0) is 5.41 Å². The summed E-state index contributed by atoms with van der Waals surface area (Å²) in [6, 6.07) is 51.8. The van der Waals surface area contributed by atoms with Gasteiger partial charge < -0.3 is 9.64 Å². The van der Waals surface area contributed by atoms with Crippen molar-refractivity contribution in [2.24, 2.45) is 0 Å². The molecule has 0 atom stereocenters. The third-order valence-electron chi connectivity index (χ3n) is 9.75. The predicted octanol–water partition coefficient (Wildman–Crippen LogP) is 12.1. The number of benzene rings is 7. The van der Waals surface area contributed by atoms with Gasteiger partial charge in [-0.1, -0.05) is 117 Å². The molecule has 0 saturated heterocycles. The first-order chi connectivity index (χ1) is 23.1. The van der Waals surface area contributed by atoms with Gasteiger partial charge in [-0.3, -0.25) is 4.98 Å². The lowest BCUT2D eigenvalue weighted by Gasteiger charge is -2.42. The number of nitrogens with zero attached hydrogens (tertiary/aromatic N) is 2. The topological polar surface area (TPSA) is 25.4 Å². The van der Waals surface area contributed by atoms with Crippen molar-refractivity contribution in [2.45, 2.75) is 19.3 Å². The molecule has 3 nitrogen and oxygen atoms in total. The summed E-state index contributed by atoms with van der Waals surface area (Å²) in [7, 11) is 0. The molecule has 224 valence electrons. The zero-order valence-electron chi connectivity index (χ0n) is 26.3. The Hall–Kier alpha value is -5.93. The fourth-order valence-corrected chi connectivity index (χ4v) is 7.48. The molecule has 0 bridgehead atoms. The van der Waals surface area contributed by atoms with E-state index in [0.717, 1.165) is 50.0 Å². The molecule has 0 radical (unpaired) electrons. The molecule has 47 heavy (non-hydrogen) atoms. The van der Waals surface area contributed by atoms with Crippen molar-refractivity contribution in [3.63, 3.8) is 0 Å². The van der Waals surface area contributed by atoms with Gasteiger partial charge >= 0.3 is 0 Å². The summed E-state index contributed by atoms with van der Waals surface area (Å²) in [5, 5.41) is 6.74. The van der Waals surface area contributed by atoms with Crippen molar-refractivity contribution < 1.29 is 4.74 Å². The van der Waals surface area contributed by atoms with Crippen molar-refractivity contribution in [1.82, 2.24) is 4.98 Å². The van der Waals surface area contributed by atoms with Gasteiger partial charge in [0.25, 0.3) is 0 Å². The molecule has 2 heterocycles. The van der Waals surface area contributed by atoms with Gasteiger partial charge in [0.15, 0.2) is 0 Å². The third-order valence-corrected chi connectivity index (χ3v) is 9.75. The van der Waals surface area contributed by atoms with E-state index in [-0.39, 0.29) is 5.41 Å². The second-order valence-electron chi connectivity index (χ2n) is 12.8. The van der Waals surface area contributed by atoms with Crippen molar-refractivity contribution in [3.8, 4) is 22.6 Å². The summed E-state index contributed by atoms with van der Waals surface area (Å²) in [5.74, 6) is 1.63. The molecule has 8 aromatic rings. The lowest BCUT2D eigenvalue weighted by molar-refractivity contribution is 0.492. The second kappa shape index (κ2) is 10.6. The molecule has 0 unspecified atom stereocenters. The Kier molecular flexibility index (Phi) is 6.16. The summed E-state index contributed by atoms with van der Waals surface area (Å²) in [4.78, 5) is 6.96. The number of aromatic nitrogens is 1. The molecular weight excluding hydrogens is 572 g/mol. The van der Waals surface area contributed by atoms with Gasteiger partial charge in [-0.2, -0.15) is 0 Å². The molecule has 3 heteroatoms. The van der Waals surface area contributed by atoms with Crippen LogP contribution in [0.4, 0.5) is 17.1 Å². The normalized spacial score (nSPS) is 13.4. The highest BCUT2D eigenvalue weighted by atomic mass is 16.5. The molecule has 9 rings (SSSR count). The van der Waals surface area contributed by atoms with Crippen molar-refractivity contribution >= 4 is 49.4 Å². The third kappa shape index (κ3) is 4.31. The van der Waals surface area contributed by atoms with E-state index < -0.39 is 0 Å². The Labute approximate surface area is 274 Å². The van der Waals surface area contributed by atoms with Crippen LogP contribution < -0.4 is 9.64 Å². The summed E-state index contributed by atoms with van der Waals surface area (Å²) in [6.07, 6.45) is 3.83. The van der Waals surface area contributed by atoms with Gasteiger partial charge in [0, 0.05) is 45.7 Å². The van der Waals surface area contributed by atoms with E-state index in [1.807, 2.05) is 12.4 Å². The van der Waals surface area contributed by atoms with E-state index in [2.05, 4.69) is 169 Å². The van der Waals surface area contributed by atoms with Crippen LogP contribution in [0, 0.1) is 0 Å². The Bertz CT molecular complexity index is 2420. The van der Waals surface area contributed by atoms with Crippen molar-refractivity contribution in [2.75, 3.05) is 4.90 Å². The average Bonchev–Trinajstić information content (AvgIpc) is 3.12. The van der Waals surface area contributed by atoms with Gasteiger partial charge in [-0.05, 0) is 74.8 Å². The van der Waals surface area contributed by atoms with E-state index in [9.17, 15) is 0 Å². The maximum absolute atomic E-state index is 7.02. The fourth-order valence-electron chi connectivity index (χ4n) is 7.48. The quantitative estimate of drug-likeness (QED) is 0.187. The molecular formula is C44H32N2O. The molecule has 0 saturated carbocycles. The summed E-state index contributed by atoms with van der Waals surface area (Å²) >= 11 is 0. The molecule has 0 aliphatic carbocycles. The van der Waals surface area contributed by atoms with Crippen molar-refractivity contribution in [1.29, 1.82) is 0 Å². The molecule has 0 N–H and O–H groups in total. The summed E-state index contributed by atoms with van der Waals surface area (Å²) < 4.78 is 7.02. The largest absolute Gasteiger partial charge is 0.456 e. The number of hydrogen-bond acceptors (Lipinski definition) is 3. The number of fused-ring (bicyclic) bond motifs is 5. The zero-order valence-corrected chi connectivity index (χ0v) is 26.3. The van der Waals surface area contributed by atoms with E-state index in [1.54, 1.807) is 0 Å². The van der Waals surface area contributed by atoms with Crippen LogP contribution in [0.2, 0.25) is 0 Å². The Morgan fingerprint density at radius 2 is 1.26 bits per heavy atom. The molecule has 7 aromatic carbocycles. The fraction of sp³-hybridized carbons (Fsp3) is 0.0682. The van der Waals surface area contributed by atoms with Gasteiger partial charge in [0.2, 0.25) is 0 Å². The first kappa shape index (κ1) is 27.4. The Morgan fingerprint density at radius 3 is 2.13 bits per heavy atom. The van der Waals surface area contributed by atoms with E-state index in [0.29, 0.717) is 0 Å². The highest BCUT2D eigenvalue weighted by Crippen LogP contribution is 2.53. The standard InChI is InChI=1S/C44H32N2O/c1-44(2)38-18-10-11-19-40(38)46(32-14-4-3-5-15-32)41-27-33(22-23-39(41)44)47-43-35-17-9-8-16-34(35)42(37-28-45-25-24-36(37)43)31-21-20-29-12-6-7-13-30(29)26-31/h3-28H,1-2H3. The number of hydrogen-bond donors (Lipinski definition) is 0. The molecule has 0 spiro atoms. The average molecular weight is 605 g/mol. The monoisotopic (exact) mass is 604 g/mol. The maximum Gasteiger partial charge on any atom is 0.143 e. The minimum Gasteiger partial charge on any atom is -0.456 e. The van der Waals surface area contributed by atoms with Crippen LogP contribution in [-0.4, -0.2) is 4.98 Å². The summed E-state index contributed by atoms with van der Waals surface area (Å²) in [6.45, 7) is 4.63. The Morgan fingerprint density at radius 1 is 0.553 bits per heavy atom. The van der Waals surface area contributed by atoms with Crippen LogP contribution in [0.5, 0.6) is 11.5 Å². The van der Waals surface area contributed by atoms with Gasteiger partial charge in [0.05, 0.1) is 11.4 Å². The van der Waals surface area contributed by atoms with Crippen molar-refractivity contribution in [3.05, 3.63) is 169 Å². The van der Waals surface area contributed by atoms with E-state index in [1.165, 1.54) is 33.2 Å². The first-order valence-electron chi connectivity index (χ1n) is 16.1. The second-order valence-corrected chi connectivity index (χ2v) is 12.8. The lowest BCUT2D eigenvalue weighted by Crippen LogP contribution is -2.30. The van der Waals surface area contributed by atoms with Crippen LogP contribution in [0.15, 0.2) is 158 Å². The number of para-hydroxylation sites is 2. The molecule has 0 fully saturated rings. The van der Waals surface area contributed by atoms with Crippen LogP contribution in [0.25, 0.3) is 43.4 Å². The first-order valence-corrected chi connectivity index (χ1v) is 16.1. The highest BCUT2D eigenvalue weighted by molar-refractivity contribution is 6.17. The maximum atomic E-state index is 7.02. The number of anilines is 3. The number of rotatable bonds is 4. The lowest BCUT2D eigenvalue weighted by atomic mass is 9.73. The van der Waals surface area contributed by atoms with Crippen LogP contribution in [0.1, 0.15) is 25.0 Å². The number of pyridine rings is 1. The molecule has 1 aliphatic rings. The predicted molar refractivity (Wildman–Crippen MR) is 196 cm³/mol. The van der Waals surface area contributed by atoms with E-state index >= 15 is 0 Å². The molecule has 0 amide bonds. The van der Waals surface area contributed by atoms with Crippen LogP contribution >= 0.6 is 0 Å². The van der Waals surface area contributed by atoms with Gasteiger partial charge in [-0.15, -0.1) is 0 Å².